The van der Waals surface area contributed by atoms with Crippen molar-refractivity contribution in [1.82, 2.24) is 4.90 Å². The van der Waals surface area contributed by atoms with Crippen molar-refractivity contribution >= 4 is 5.69 Å². The number of para-hydroxylation sites is 1. The normalized spacial score (nSPS) is 23.1. The summed E-state index contributed by atoms with van der Waals surface area (Å²) in [5.74, 6) is 0. The molecule has 0 unspecified atom stereocenters. The van der Waals surface area contributed by atoms with Gasteiger partial charge in [-0.05, 0) is 25.8 Å². The van der Waals surface area contributed by atoms with E-state index in [9.17, 15) is 5.11 Å². The SMILES string of the molecule is C[C@H](O)c1ccccc1N1CCN(C2CC2)CC1. The summed E-state index contributed by atoms with van der Waals surface area (Å²) in [6, 6.07) is 9.11. The molecule has 1 N–H and O–H groups in total. The number of aliphatic hydroxyl groups is 1. The molecule has 3 heteroatoms. The van der Waals surface area contributed by atoms with Crippen molar-refractivity contribution in [3.05, 3.63) is 29.8 Å². The van der Waals surface area contributed by atoms with Crippen LogP contribution in [0.25, 0.3) is 0 Å². The van der Waals surface area contributed by atoms with Gasteiger partial charge in [0.15, 0.2) is 0 Å². The molecule has 1 aliphatic heterocycles. The van der Waals surface area contributed by atoms with E-state index in [2.05, 4.69) is 21.9 Å². The van der Waals surface area contributed by atoms with Gasteiger partial charge in [-0.15, -0.1) is 0 Å². The van der Waals surface area contributed by atoms with Crippen molar-refractivity contribution < 1.29 is 5.11 Å². The van der Waals surface area contributed by atoms with E-state index in [0.717, 1.165) is 24.7 Å². The molecule has 1 saturated carbocycles. The van der Waals surface area contributed by atoms with Crippen molar-refractivity contribution in [2.24, 2.45) is 0 Å². The second-order valence-electron chi connectivity index (χ2n) is 5.49. The lowest BCUT2D eigenvalue weighted by molar-refractivity contribution is 0.198. The zero-order valence-electron chi connectivity index (χ0n) is 11.0. The first kappa shape index (κ1) is 12.0. The molecule has 18 heavy (non-hydrogen) atoms. The fraction of sp³-hybridized carbons (Fsp3) is 0.600. The average Bonchev–Trinajstić information content (AvgIpc) is 3.23. The summed E-state index contributed by atoms with van der Waals surface area (Å²) in [7, 11) is 0. The molecule has 1 aromatic carbocycles. The van der Waals surface area contributed by atoms with Gasteiger partial charge in [-0.3, -0.25) is 4.90 Å². The van der Waals surface area contributed by atoms with Crippen molar-refractivity contribution in [3.63, 3.8) is 0 Å². The number of nitrogens with zero attached hydrogens (tertiary/aromatic N) is 2. The van der Waals surface area contributed by atoms with Gasteiger partial charge in [0.05, 0.1) is 6.10 Å². The lowest BCUT2D eigenvalue weighted by atomic mass is 10.1. The molecular formula is C15H22N2O. The minimum atomic E-state index is -0.386. The van der Waals surface area contributed by atoms with E-state index < -0.39 is 0 Å². The van der Waals surface area contributed by atoms with Crippen LogP contribution in [0.3, 0.4) is 0 Å². The largest absolute Gasteiger partial charge is 0.389 e. The third-order valence-electron chi connectivity index (χ3n) is 4.11. The number of rotatable bonds is 3. The highest BCUT2D eigenvalue weighted by Crippen LogP contribution is 2.30. The van der Waals surface area contributed by atoms with E-state index in [-0.39, 0.29) is 6.10 Å². The number of hydrogen-bond donors (Lipinski definition) is 1. The van der Waals surface area contributed by atoms with Crippen LogP contribution < -0.4 is 4.90 Å². The second kappa shape index (κ2) is 4.90. The van der Waals surface area contributed by atoms with E-state index in [1.807, 2.05) is 19.1 Å². The number of benzene rings is 1. The Bertz CT molecular complexity index is 407. The van der Waals surface area contributed by atoms with Gasteiger partial charge in [0.2, 0.25) is 0 Å². The van der Waals surface area contributed by atoms with E-state index in [0.29, 0.717) is 0 Å². The molecule has 98 valence electrons. The Morgan fingerprint density at radius 1 is 1.11 bits per heavy atom. The van der Waals surface area contributed by atoms with E-state index in [1.54, 1.807) is 0 Å². The van der Waals surface area contributed by atoms with Crippen LogP contribution in [0.15, 0.2) is 24.3 Å². The van der Waals surface area contributed by atoms with Gasteiger partial charge in [-0.1, -0.05) is 18.2 Å². The molecule has 0 bridgehead atoms. The summed E-state index contributed by atoms with van der Waals surface area (Å²) in [5.41, 5.74) is 2.26. The van der Waals surface area contributed by atoms with Crippen molar-refractivity contribution in [2.75, 3.05) is 31.1 Å². The Balaban J connectivity index is 1.71. The highest BCUT2D eigenvalue weighted by Gasteiger charge is 2.31. The highest BCUT2D eigenvalue weighted by atomic mass is 16.3. The molecule has 0 radical (unpaired) electrons. The molecule has 1 atom stereocenters. The summed E-state index contributed by atoms with van der Waals surface area (Å²) in [6.45, 7) is 6.34. The number of aliphatic hydroxyl groups excluding tert-OH is 1. The Kier molecular flexibility index (Phi) is 3.27. The van der Waals surface area contributed by atoms with Crippen LogP contribution in [0.5, 0.6) is 0 Å². The lowest BCUT2D eigenvalue weighted by Crippen LogP contribution is -2.47. The van der Waals surface area contributed by atoms with Crippen LogP contribution in [-0.2, 0) is 0 Å². The first-order valence-corrected chi connectivity index (χ1v) is 7.01. The van der Waals surface area contributed by atoms with Crippen molar-refractivity contribution in [2.45, 2.75) is 31.9 Å². The third kappa shape index (κ3) is 2.38. The van der Waals surface area contributed by atoms with E-state index >= 15 is 0 Å². The van der Waals surface area contributed by atoms with Gasteiger partial charge in [0.1, 0.15) is 0 Å². The standard InChI is InChI=1S/C15H22N2O/c1-12(18)14-4-2-3-5-15(14)17-10-8-16(9-11-17)13-6-7-13/h2-5,12-13,18H,6-11H2,1H3/t12-/m0/s1. The number of hydrogen-bond acceptors (Lipinski definition) is 3. The third-order valence-corrected chi connectivity index (χ3v) is 4.11. The minimum Gasteiger partial charge on any atom is -0.389 e. The maximum Gasteiger partial charge on any atom is 0.0781 e. The summed E-state index contributed by atoms with van der Waals surface area (Å²) in [5, 5.41) is 9.85. The van der Waals surface area contributed by atoms with Crippen LogP contribution in [0.4, 0.5) is 5.69 Å². The molecule has 2 fully saturated rings. The van der Waals surface area contributed by atoms with Gasteiger partial charge in [-0.2, -0.15) is 0 Å². The highest BCUT2D eigenvalue weighted by molar-refractivity contribution is 5.54. The molecule has 1 heterocycles. The smallest absolute Gasteiger partial charge is 0.0781 e. The molecular weight excluding hydrogens is 224 g/mol. The van der Waals surface area contributed by atoms with Crippen molar-refractivity contribution in [3.8, 4) is 0 Å². The molecule has 1 aromatic rings. The van der Waals surface area contributed by atoms with Gasteiger partial charge in [0, 0.05) is 43.5 Å². The molecule has 1 aliphatic carbocycles. The monoisotopic (exact) mass is 246 g/mol. The van der Waals surface area contributed by atoms with Crippen LogP contribution in [-0.4, -0.2) is 42.2 Å². The fourth-order valence-corrected chi connectivity index (χ4v) is 2.90. The molecule has 3 nitrogen and oxygen atoms in total. The Labute approximate surface area is 109 Å². The van der Waals surface area contributed by atoms with Gasteiger partial charge >= 0.3 is 0 Å². The average molecular weight is 246 g/mol. The maximum absolute atomic E-state index is 9.85. The van der Waals surface area contributed by atoms with Gasteiger partial charge < -0.3 is 10.0 Å². The maximum atomic E-state index is 9.85. The Morgan fingerprint density at radius 2 is 1.78 bits per heavy atom. The molecule has 0 amide bonds. The van der Waals surface area contributed by atoms with Crippen LogP contribution >= 0.6 is 0 Å². The van der Waals surface area contributed by atoms with Crippen LogP contribution in [0.2, 0.25) is 0 Å². The lowest BCUT2D eigenvalue weighted by Gasteiger charge is -2.37. The van der Waals surface area contributed by atoms with E-state index in [1.165, 1.54) is 31.6 Å². The zero-order chi connectivity index (χ0) is 12.5. The topological polar surface area (TPSA) is 26.7 Å². The first-order valence-electron chi connectivity index (χ1n) is 7.01. The van der Waals surface area contributed by atoms with Crippen molar-refractivity contribution in [1.29, 1.82) is 0 Å². The second-order valence-corrected chi connectivity index (χ2v) is 5.49. The Hall–Kier alpha value is -1.06. The number of anilines is 1. The van der Waals surface area contributed by atoms with E-state index in [4.69, 9.17) is 0 Å². The van der Waals surface area contributed by atoms with Crippen LogP contribution in [0, 0.1) is 0 Å². The molecule has 0 aromatic heterocycles. The minimum absolute atomic E-state index is 0.386. The molecule has 3 rings (SSSR count). The molecule has 1 saturated heterocycles. The molecule has 2 aliphatic rings. The summed E-state index contributed by atoms with van der Waals surface area (Å²) in [4.78, 5) is 5.03. The summed E-state index contributed by atoms with van der Waals surface area (Å²) < 4.78 is 0. The fourth-order valence-electron chi connectivity index (χ4n) is 2.90. The Morgan fingerprint density at radius 3 is 2.39 bits per heavy atom. The van der Waals surface area contributed by atoms with Gasteiger partial charge in [-0.25, -0.2) is 0 Å². The molecule has 0 spiro atoms. The number of piperazine rings is 1. The first-order chi connectivity index (χ1) is 8.75. The quantitative estimate of drug-likeness (QED) is 0.884. The zero-order valence-corrected chi connectivity index (χ0v) is 11.0. The predicted octanol–water partition coefficient (Wildman–Crippen LogP) is 2.02. The summed E-state index contributed by atoms with van der Waals surface area (Å²) in [6.07, 6.45) is 2.40. The summed E-state index contributed by atoms with van der Waals surface area (Å²) >= 11 is 0. The van der Waals surface area contributed by atoms with Crippen LogP contribution in [0.1, 0.15) is 31.4 Å². The van der Waals surface area contributed by atoms with Gasteiger partial charge in [0.25, 0.3) is 0 Å². The predicted molar refractivity (Wildman–Crippen MR) is 73.9 cm³/mol.